The van der Waals surface area contributed by atoms with Crippen LogP contribution in [-0.2, 0) is 9.47 Å². The highest BCUT2D eigenvalue weighted by atomic mass is 35.5. The van der Waals surface area contributed by atoms with Gasteiger partial charge in [-0.25, -0.2) is 0 Å². The van der Waals surface area contributed by atoms with E-state index in [9.17, 15) is 0 Å². The van der Waals surface area contributed by atoms with Crippen molar-refractivity contribution < 1.29 is 9.47 Å². The predicted molar refractivity (Wildman–Crippen MR) is 35.5 cm³/mol. The van der Waals surface area contributed by atoms with Crippen LogP contribution in [0.1, 0.15) is 0 Å². The second-order valence-electron chi connectivity index (χ2n) is 1.85. The number of hydrogen-bond acceptors (Lipinski definition) is 2. The first-order valence-electron chi connectivity index (χ1n) is 2.82. The average Bonchev–Trinajstić information content (AvgIpc) is 2.34. The van der Waals surface area contributed by atoms with Crippen LogP contribution in [0.2, 0.25) is 0 Å². The van der Waals surface area contributed by atoms with Gasteiger partial charge in [-0.05, 0) is 6.08 Å². The van der Waals surface area contributed by atoms with Crippen LogP contribution >= 0.6 is 11.6 Å². The Morgan fingerprint density at radius 3 is 2.89 bits per heavy atom. The zero-order valence-corrected chi connectivity index (χ0v) is 5.80. The molecule has 1 heterocycles. The van der Waals surface area contributed by atoms with Crippen molar-refractivity contribution in [3.05, 3.63) is 12.7 Å². The fourth-order valence-corrected chi connectivity index (χ4v) is 0.837. The van der Waals surface area contributed by atoms with Crippen LogP contribution in [-0.4, -0.2) is 24.9 Å². The molecule has 1 saturated heterocycles. The fourth-order valence-electron chi connectivity index (χ4n) is 0.675. The molecule has 0 N–H and O–H groups in total. The second kappa shape index (κ2) is 3.20. The maximum atomic E-state index is 5.49. The number of halogens is 1. The first-order valence-corrected chi connectivity index (χ1v) is 3.36. The van der Waals surface area contributed by atoms with Gasteiger partial charge in [0.1, 0.15) is 0 Å². The zero-order chi connectivity index (χ0) is 6.69. The molecule has 0 bridgehead atoms. The lowest BCUT2D eigenvalue weighted by Gasteiger charge is -2.02. The van der Waals surface area contributed by atoms with E-state index >= 15 is 0 Å². The summed E-state index contributed by atoms with van der Waals surface area (Å²) in [5.74, 6) is 0.490. The number of hydrogen-bond donors (Lipinski definition) is 0. The predicted octanol–water partition coefficient (Wildman–Crippen LogP) is 1.15. The van der Waals surface area contributed by atoms with Gasteiger partial charge < -0.3 is 9.47 Å². The van der Waals surface area contributed by atoms with Gasteiger partial charge in [0, 0.05) is 0 Å². The van der Waals surface area contributed by atoms with Crippen LogP contribution in [0.4, 0.5) is 0 Å². The first kappa shape index (κ1) is 7.06. The molecule has 2 nitrogen and oxygen atoms in total. The van der Waals surface area contributed by atoms with Crippen molar-refractivity contribution in [2.24, 2.45) is 0 Å². The number of alkyl halides is 1. The molecule has 1 rings (SSSR count). The lowest BCUT2D eigenvalue weighted by atomic mass is 10.4. The van der Waals surface area contributed by atoms with Crippen molar-refractivity contribution in [1.29, 1.82) is 0 Å². The first-order chi connectivity index (χ1) is 4.36. The van der Waals surface area contributed by atoms with Gasteiger partial charge in [-0.3, -0.25) is 0 Å². The molecule has 0 aliphatic carbocycles. The summed E-state index contributed by atoms with van der Waals surface area (Å²) in [5, 5.41) is 0. The minimum atomic E-state index is -0.242. The van der Waals surface area contributed by atoms with Crippen molar-refractivity contribution in [3.63, 3.8) is 0 Å². The van der Waals surface area contributed by atoms with Crippen molar-refractivity contribution in [3.8, 4) is 0 Å². The van der Waals surface area contributed by atoms with E-state index in [1.54, 1.807) is 6.08 Å². The summed E-state index contributed by atoms with van der Waals surface area (Å²) in [7, 11) is 0. The van der Waals surface area contributed by atoms with E-state index in [4.69, 9.17) is 21.1 Å². The molecule has 2 unspecified atom stereocenters. The summed E-state index contributed by atoms with van der Waals surface area (Å²) >= 11 is 5.49. The molecular formula is C6H9ClO2. The second-order valence-corrected chi connectivity index (χ2v) is 2.16. The van der Waals surface area contributed by atoms with Crippen LogP contribution in [0.5, 0.6) is 0 Å². The molecule has 9 heavy (non-hydrogen) atoms. The van der Waals surface area contributed by atoms with E-state index in [0.717, 1.165) is 0 Å². The van der Waals surface area contributed by atoms with Gasteiger partial charge in [0.2, 0.25) is 0 Å². The Balaban J connectivity index is 2.28. The Hall–Kier alpha value is -0.0500. The smallest absolute Gasteiger partial charge is 0.177 e. The van der Waals surface area contributed by atoms with Crippen molar-refractivity contribution in [2.75, 3.05) is 12.5 Å². The van der Waals surface area contributed by atoms with Gasteiger partial charge in [-0.1, -0.05) is 6.58 Å². The van der Waals surface area contributed by atoms with Gasteiger partial charge in [-0.2, -0.15) is 0 Å². The summed E-state index contributed by atoms with van der Waals surface area (Å²) in [6, 6.07) is 0. The number of rotatable bonds is 2. The maximum Gasteiger partial charge on any atom is 0.177 e. The average molecular weight is 149 g/mol. The third-order valence-electron chi connectivity index (χ3n) is 1.14. The molecule has 52 valence electrons. The van der Waals surface area contributed by atoms with Gasteiger partial charge in [0.25, 0.3) is 0 Å². The highest BCUT2D eigenvalue weighted by Crippen LogP contribution is 2.12. The quantitative estimate of drug-likeness (QED) is 0.432. The minimum Gasteiger partial charge on any atom is -0.346 e. The molecule has 2 atom stereocenters. The SMILES string of the molecule is C=CC1OCC(CCl)O1. The lowest BCUT2D eigenvalue weighted by Crippen LogP contribution is -2.11. The van der Waals surface area contributed by atoms with Crippen LogP contribution in [0, 0.1) is 0 Å². The summed E-state index contributed by atoms with van der Waals surface area (Å²) < 4.78 is 10.3. The molecule has 0 aromatic carbocycles. The molecule has 0 aromatic heterocycles. The summed E-state index contributed by atoms with van der Waals surface area (Å²) in [6.45, 7) is 4.10. The van der Waals surface area contributed by atoms with Gasteiger partial charge in [0.05, 0.1) is 18.6 Å². The molecule has 1 aliphatic heterocycles. The molecule has 0 saturated carbocycles. The molecule has 0 amide bonds. The molecule has 1 fully saturated rings. The van der Waals surface area contributed by atoms with Crippen molar-refractivity contribution in [2.45, 2.75) is 12.4 Å². The molecule has 0 spiro atoms. The molecular weight excluding hydrogens is 140 g/mol. The van der Waals surface area contributed by atoms with E-state index in [1.165, 1.54) is 0 Å². The highest BCUT2D eigenvalue weighted by molar-refractivity contribution is 6.18. The topological polar surface area (TPSA) is 18.5 Å². The Bertz CT molecular complexity index is 105. The summed E-state index contributed by atoms with van der Waals surface area (Å²) in [5.41, 5.74) is 0. The van der Waals surface area contributed by atoms with Crippen molar-refractivity contribution >= 4 is 11.6 Å². The lowest BCUT2D eigenvalue weighted by molar-refractivity contribution is -0.0152. The maximum absolute atomic E-state index is 5.49. The highest BCUT2D eigenvalue weighted by Gasteiger charge is 2.21. The van der Waals surface area contributed by atoms with E-state index in [0.29, 0.717) is 12.5 Å². The van der Waals surface area contributed by atoms with Crippen LogP contribution < -0.4 is 0 Å². The summed E-state index contributed by atoms with van der Waals surface area (Å²) in [6.07, 6.45) is 1.43. The Labute approximate surface area is 59.4 Å². The molecule has 1 aliphatic rings. The van der Waals surface area contributed by atoms with Crippen molar-refractivity contribution in [1.82, 2.24) is 0 Å². The Morgan fingerprint density at radius 1 is 1.78 bits per heavy atom. The normalized spacial score (nSPS) is 34.8. The summed E-state index contributed by atoms with van der Waals surface area (Å²) in [4.78, 5) is 0. The number of ether oxygens (including phenoxy) is 2. The van der Waals surface area contributed by atoms with Crippen LogP contribution in [0.25, 0.3) is 0 Å². The van der Waals surface area contributed by atoms with Gasteiger partial charge >= 0.3 is 0 Å². The van der Waals surface area contributed by atoms with Gasteiger partial charge in [-0.15, -0.1) is 11.6 Å². The van der Waals surface area contributed by atoms with E-state index in [-0.39, 0.29) is 12.4 Å². The Morgan fingerprint density at radius 2 is 2.56 bits per heavy atom. The molecule has 0 aromatic rings. The largest absolute Gasteiger partial charge is 0.346 e. The Kier molecular flexibility index (Phi) is 2.51. The van der Waals surface area contributed by atoms with E-state index in [2.05, 4.69) is 6.58 Å². The van der Waals surface area contributed by atoms with E-state index < -0.39 is 0 Å². The third-order valence-corrected chi connectivity index (χ3v) is 1.48. The monoisotopic (exact) mass is 148 g/mol. The standard InChI is InChI=1S/C6H9ClO2/c1-2-6-8-4-5(3-7)9-6/h2,5-6H,1,3-4H2. The van der Waals surface area contributed by atoms with Crippen LogP contribution in [0.3, 0.4) is 0 Å². The third kappa shape index (κ3) is 1.68. The fraction of sp³-hybridized carbons (Fsp3) is 0.667. The van der Waals surface area contributed by atoms with Crippen LogP contribution in [0.15, 0.2) is 12.7 Å². The van der Waals surface area contributed by atoms with Gasteiger partial charge in [0.15, 0.2) is 6.29 Å². The molecule has 0 radical (unpaired) electrons. The minimum absolute atomic E-state index is 0.0506. The zero-order valence-electron chi connectivity index (χ0n) is 5.05. The van der Waals surface area contributed by atoms with E-state index in [1.807, 2.05) is 0 Å². The molecule has 3 heteroatoms.